The molecule has 1 N–H and O–H groups in total. The fourth-order valence-corrected chi connectivity index (χ4v) is 2.63. The molecule has 0 aromatic heterocycles. The van der Waals surface area contributed by atoms with Gasteiger partial charge in [-0.25, -0.2) is 0 Å². The molecule has 2 bridgehead atoms. The largest absolute Gasteiger partial charge is 0.466 e. The minimum Gasteiger partial charge on any atom is -0.466 e. The van der Waals surface area contributed by atoms with Crippen molar-refractivity contribution in [2.45, 2.75) is 26.2 Å². The lowest BCUT2D eigenvalue weighted by Gasteiger charge is -2.31. The van der Waals surface area contributed by atoms with Crippen molar-refractivity contribution in [3.05, 3.63) is 0 Å². The fraction of sp³-hybridized carbons (Fsp3) is 0.900. The Hall–Kier alpha value is -0.280. The van der Waals surface area contributed by atoms with Gasteiger partial charge in [0, 0.05) is 6.54 Å². The van der Waals surface area contributed by atoms with Crippen LogP contribution in [0.4, 0.5) is 0 Å². The number of rotatable bonds is 2. The van der Waals surface area contributed by atoms with Crippen LogP contribution in [0, 0.1) is 11.3 Å². The maximum atomic E-state index is 11.7. The highest BCUT2D eigenvalue weighted by molar-refractivity contribution is 5.85. The molecule has 2 atom stereocenters. The normalized spacial score (nSPS) is 34.8. The first kappa shape index (κ1) is 11.8. The van der Waals surface area contributed by atoms with Gasteiger partial charge in [0.15, 0.2) is 0 Å². The Morgan fingerprint density at radius 1 is 1.64 bits per heavy atom. The Balaban J connectivity index is 0.000000980. The van der Waals surface area contributed by atoms with Crippen molar-refractivity contribution in [2.24, 2.45) is 11.3 Å². The van der Waals surface area contributed by atoms with E-state index in [0.717, 1.165) is 25.9 Å². The zero-order chi connectivity index (χ0) is 9.31. The first-order chi connectivity index (χ1) is 6.27. The minimum atomic E-state index is -0.168. The van der Waals surface area contributed by atoms with Crippen LogP contribution in [0.25, 0.3) is 0 Å². The van der Waals surface area contributed by atoms with Gasteiger partial charge in [-0.15, -0.1) is 12.4 Å². The Bertz CT molecular complexity index is 218. The molecule has 0 aromatic carbocycles. The van der Waals surface area contributed by atoms with Crippen molar-refractivity contribution in [1.29, 1.82) is 0 Å². The minimum absolute atomic E-state index is 0. The molecule has 0 amide bonds. The van der Waals surface area contributed by atoms with Crippen molar-refractivity contribution in [3.63, 3.8) is 0 Å². The standard InChI is InChI=1S/C10H17NO2.ClH/c1-2-13-9(12)10-4-3-8(5-10)6-11-7-10;/h8,11H,2-7H2,1H3;1H/t8-,10-;/m1./s1. The molecule has 3 nitrogen and oxygen atoms in total. The molecular formula is C10H18ClNO2. The second kappa shape index (κ2) is 4.49. The van der Waals surface area contributed by atoms with E-state index in [9.17, 15) is 4.79 Å². The molecule has 0 unspecified atom stereocenters. The smallest absolute Gasteiger partial charge is 0.313 e. The molecule has 0 radical (unpaired) electrons. The lowest BCUT2D eigenvalue weighted by molar-refractivity contribution is -0.155. The number of fused-ring (bicyclic) bond motifs is 2. The summed E-state index contributed by atoms with van der Waals surface area (Å²) in [5.41, 5.74) is -0.168. The molecule has 14 heavy (non-hydrogen) atoms. The quantitative estimate of drug-likeness (QED) is 0.713. The number of esters is 1. The Morgan fingerprint density at radius 3 is 3.14 bits per heavy atom. The molecular weight excluding hydrogens is 202 g/mol. The van der Waals surface area contributed by atoms with E-state index in [1.54, 1.807) is 0 Å². The summed E-state index contributed by atoms with van der Waals surface area (Å²) >= 11 is 0. The topological polar surface area (TPSA) is 38.3 Å². The summed E-state index contributed by atoms with van der Waals surface area (Å²) in [6.45, 7) is 4.28. The summed E-state index contributed by atoms with van der Waals surface area (Å²) in [4.78, 5) is 11.7. The van der Waals surface area contributed by atoms with Gasteiger partial charge in [-0.1, -0.05) is 0 Å². The molecule has 2 rings (SSSR count). The molecule has 4 heteroatoms. The lowest BCUT2D eigenvalue weighted by atomic mass is 9.83. The fourth-order valence-electron chi connectivity index (χ4n) is 2.63. The number of halogens is 1. The molecule has 1 aliphatic heterocycles. The summed E-state index contributed by atoms with van der Waals surface area (Å²) in [7, 11) is 0. The highest BCUT2D eigenvalue weighted by atomic mass is 35.5. The van der Waals surface area contributed by atoms with Crippen LogP contribution in [0.2, 0.25) is 0 Å². The average molecular weight is 220 g/mol. The molecule has 0 aromatic rings. The van der Waals surface area contributed by atoms with E-state index in [4.69, 9.17) is 4.74 Å². The van der Waals surface area contributed by atoms with Crippen LogP contribution >= 0.6 is 12.4 Å². The van der Waals surface area contributed by atoms with Crippen molar-refractivity contribution in [2.75, 3.05) is 19.7 Å². The third-order valence-electron chi connectivity index (χ3n) is 3.32. The number of carbonyl (C=O) groups is 1. The van der Waals surface area contributed by atoms with E-state index in [2.05, 4.69) is 5.32 Å². The van der Waals surface area contributed by atoms with Crippen molar-refractivity contribution in [3.8, 4) is 0 Å². The number of hydrogen-bond acceptors (Lipinski definition) is 3. The van der Waals surface area contributed by atoms with Gasteiger partial charge < -0.3 is 10.1 Å². The highest BCUT2D eigenvalue weighted by Crippen LogP contribution is 2.44. The zero-order valence-electron chi connectivity index (χ0n) is 8.54. The number of hydrogen-bond donors (Lipinski definition) is 1. The Labute approximate surface area is 91.0 Å². The third kappa shape index (κ3) is 1.89. The third-order valence-corrected chi connectivity index (χ3v) is 3.32. The van der Waals surface area contributed by atoms with E-state index < -0.39 is 0 Å². The van der Waals surface area contributed by atoms with Gasteiger partial charge in [0.25, 0.3) is 0 Å². The van der Waals surface area contributed by atoms with Gasteiger partial charge >= 0.3 is 5.97 Å². The molecule has 1 heterocycles. The van der Waals surface area contributed by atoms with E-state index in [-0.39, 0.29) is 23.8 Å². The maximum Gasteiger partial charge on any atom is 0.313 e. The summed E-state index contributed by atoms with van der Waals surface area (Å²) in [6.07, 6.45) is 3.24. The van der Waals surface area contributed by atoms with Gasteiger partial charge in [0.05, 0.1) is 12.0 Å². The SMILES string of the molecule is CCOC(=O)[C@@]12CC[C@@H](CNC1)C2.Cl. The van der Waals surface area contributed by atoms with E-state index in [0.29, 0.717) is 12.5 Å². The van der Waals surface area contributed by atoms with Crippen LogP contribution < -0.4 is 5.32 Å². The maximum absolute atomic E-state index is 11.7. The molecule has 1 saturated heterocycles. The monoisotopic (exact) mass is 219 g/mol. The first-order valence-corrected chi connectivity index (χ1v) is 5.15. The number of nitrogens with one attached hydrogen (secondary N) is 1. The summed E-state index contributed by atoms with van der Waals surface area (Å²) in [5.74, 6) is 0.725. The van der Waals surface area contributed by atoms with Crippen LogP contribution in [-0.4, -0.2) is 25.7 Å². The number of piperidine rings is 1. The van der Waals surface area contributed by atoms with Gasteiger partial charge in [-0.2, -0.15) is 0 Å². The van der Waals surface area contributed by atoms with Gasteiger partial charge in [-0.05, 0) is 38.6 Å². The average Bonchev–Trinajstić information content (AvgIpc) is 2.44. The first-order valence-electron chi connectivity index (χ1n) is 5.15. The van der Waals surface area contributed by atoms with Crippen LogP contribution in [0.3, 0.4) is 0 Å². The van der Waals surface area contributed by atoms with Gasteiger partial charge in [0.1, 0.15) is 0 Å². The molecule has 1 aliphatic carbocycles. The molecule has 0 spiro atoms. The molecule has 82 valence electrons. The predicted molar refractivity (Wildman–Crippen MR) is 56.5 cm³/mol. The Kier molecular flexibility index (Phi) is 3.78. The molecule has 1 saturated carbocycles. The van der Waals surface area contributed by atoms with E-state index >= 15 is 0 Å². The van der Waals surface area contributed by atoms with Crippen molar-refractivity contribution < 1.29 is 9.53 Å². The lowest BCUT2D eigenvalue weighted by Crippen LogP contribution is -2.45. The second-order valence-electron chi connectivity index (χ2n) is 4.24. The van der Waals surface area contributed by atoms with Crippen LogP contribution in [0.15, 0.2) is 0 Å². The summed E-state index contributed by atoms with van der Waals surface area (Å²) in [6, 6.07) is 0. The van der Waals surface area contributed by atoms with Gasteiger partial charge in [-0.3, -0.25) is 4.79 Å². The number of ether oxygens (including phenoxy) is 1. The van der Waals surface area contributed by atoms with E-state index in [1.807, 2.05) is 6.92 Å². The van der Waals surface area contributed by atoms with Crippen LogP contribution in [0.5, 0.6) is 0 Å². The summed E-state index contributed by atoms with van der Waals surface area (Å²) in [5, 5.41) is 3.33. The summed E-state index contributed by atoms with van der Waals surface area (Å²) < 4.78 is 5.12. The van der Waals surface area contributed by atoms with Crippen LogP contribution in [0.1, 0.15) is 26.2 Å². The number of carbonyl (C=O) groups excluding carboxylic acids is 1. The van der Waals surface area contributed by atoms with Crippen LogP contribution in [-0.2, 0) is 9.53 Å². The van der Waals surface area contributed by atoms with Crippen molar-refractivity contribution in [1.82, 2.24) is 5.32 Å². The highest BCUT2D eigenvalue weighted by Gasteiger charge is 2.48. The second-order valence-corrected chi connectivity index (χ2v) is 4.24. The zero-order valence-corrected chi connectivity index (χ0v) is 9.36. The predicted octanol–water partition coefficient (Wildman–Crippen LogP) is 1.36. The molecule has 2 aliphatic rings. The van der Waals surface area contributed by atoms with E-state index in [1.165, 1.54) is 6.42 Å². The van der Waals surface area contributed by atoms with Gasteiger partial charge in [0.2, 0.25) is 0 Å². The molecule has 2 fully saturated rings. The van der Waals surface area contributed by atoms with Crippen molar-refractivity contribution >= 4 is 18.4 Å². The Morgan fingerprint density at radius 2 is 2.43 bits per heavy atom.